The molecule has 0 aromatic carbocycles. The van der Waals surface area contributed by atoms with E-state index in [4.69, 9.17) is 0 Å². The highest BCUT2D eigenvalue weighted by molar-refractivity contribution is 9.12. The molecule has 29 heavy (non-hydrogen) atoms. The van der Waals surface area contributed by atoms with Gasteiger partial charge >= 0.3 is 5.97 Å². The molecule has 0 spiro atoms. The molecule has 7 nitrogen and oxygen atoms in total. The number of ketones is 1. The second kappa shape index (κ2) is 12.4. The zero-order valence-corrected chi connectivity index (χ0v) is 18.4. The average Bonchev–Trinajstić information content (AvgIpc) is 2.91. The van der Waals surface area contributed by atoms with Gasteiger partial charge in [0.25, 0.3) is 0 Å². The molecule has 1 rings (SSSR count). The SMILES string of the molecule is CC/C=C\C/C=C\C[C@@]1(O)C=C(Br)C(=O)[C@@H]1[C@@H](O)[C@H](O)[C@@H](O)CCCC(=O)OC. The molecule has 0 amide bonds. The van der Waals surface area contributed by atoms with Crippen LogP contribution in [0.15, 0.2) is 34.9 Å². The lowest BCUT2D eigenvalue weighted by Gasteiger charge is -2.34. The summed E-state index contributed by atoms with van der Waals surface area (Å²) in [7, 11) is 1.25. The molecule has 1 aliphatic carbocycles. The number of hydrogen-bond donors (Lipinski definition) is 4. The molecule has 4 N–H and O–H groups in total. The van der Waals surface area contributed by atoms with Gasteiger partial charge in [0.15, 0.2) is 5.78 Å². The van der Waals surface area contributed by atoms with Crippen molar-refractivity contribution in [2.75, 3.05) is 7.11 Å². The summed E-state index contributed by atoms with van der Waals surface area (Å²) < 4.78 is 4.63. The van der Waals surface area contributed by atoms with E-state index in [1.54, 1.807) is 6.08 Å². The van der Waals surface area contributed by atoms with Crippen molar-refractivity contribution in [2.24, 2.45) is 5.92 Å². The van der Waals surface area contributed by atoms with Crippen LogP contribution in [0.1, 0.15) is 45.4 Å². The Balaban J connectivity index is 2.78. The van der Waals surface area contributed by atoms with Crippen LogP contribution >= 0.6 is 15.9 Å². The molecule has 0 bridgehead atoms. The predicted octanol–water partition coefficient (Wildman–Crippen LogP) is 1.92. The molecule has 8 heteroatoms. The van der Waals surface area contributed by atoms with Gasteiger partial charge in [-0.1, -0.05) is 31.2 Å². The third-order valence-electron chi connectivity index (χ3n) is 4.91. The monoisotopic (exact) mass is 474 g/mol. The van der Waals surface area contributed by atoms with Crippen LogP contribution in [0.5, 0.6) is 0 Å². The van der Waals surface area contributed by atoms with Crippen LogP contribution < -0.4 is 0 Å². The maximum absolute atomic E-state index is 12.5. The Morgan fingerprint density at radius 1 is 1.28 bits per heavy atom. The lowest BCUT2D eigenvalue weighted by Crippen LogP contribution is -2.51. The minimum Gasteiger partial charge on any atom is -0.469 e. The molecule has 0 fully saturated rings. The number of carbonyl (C=O) groups excluding carboxylic acids is 2. The van der Waals surface area contributed by atoms with Gasteiger partial charge in [-0.2, -0.15) is 0 Å². The summed E-state index contributed by atoms with van der Waals surface area (Å²) in [5, 5.41) is 42.0. The standard InChI is InChI=1S/C21H31BrO7/c1-3-4-5-6-7-8-12-21(28)13-14(22)18(25)17(21)20(27)19(26)15(23)10-9-11-16(24)29-2/h4-5,7-8,13,15,17,19-20,23,26-28H,3,6,9-12H2,1-2H3/b5-4-,8-7-/t15-,17+,19+,20+,21+/m0/s1. The highest BCUT2D eigenvalue weighted by Crippen LogP contribution is 2.40. The van der Waals surface area contributed by atoms with Crippen LogP contribution in [0.4, 0.5) is 0 Å². The second-order valence-electron chi connectivity index (χ2n) is 7.13. The number of ether oxygens (including phenoxy) is 1. The molecule has 1 aliphatic rings. The zero-order valence-electron chi connectivity index (χ0n) is 16.8. The Bertz CT molecular complexity index is 643. The van der Waals surface area contributed by atoms with Crippen molar-refractivity contribution < 1.29 is 34.8 Å². The van der Waals surface area contributed by atoms with Crippen molar-refractivity contribution in [3.05, 3.63) is 34.9 Å². The van der Waals surface area contributed by atoms with Crippen molar-refractivity contribution in [2.45, 2.75) is 69.4 Å². The zero-order chi connectivity index (χ0) is 22.0. The molecule has 0 aliphatic heterocycles. The van der Waals surface area contributed by atoms with E-state index in [1.807, 2.05) is 25.2 Å². The fraction of sp³-hybridized carbons (Fsp3) is 0.619. The molecular weight excluding hydrogens is 444 g/mol. The molecule has 0 saturated heterocycles. The predicted molar refractivity (Wildman–Crippen MR) is 112 cm³/mol. The van der Waals surface area contributed by atoms with Gasteiger partial charge in [0.05, 0.1) is 29.7 Å². The molecule has 0 aromatic heterocycles. The maximum atomic E-state index is 12.5. The number of Topliss-reactive ketones (excluding diaryl/α,β-unsaturated/α-hetero) is 1. The Labute approximate surface area is 179 Å². The fourth-order valence-electron chi connectivity index (χ4n) is 3.26. The fourth-order valence-corrected chi connectivity index (χ4v) is 3.90. The Morgan fingerprint density at radius 3 is 2.55 bits per heavy atom. The van der Waals surface area contributed by atoms with Crippen molar-refractivity contribution in [1.29, 1.82) is 0 Å². The second-order valence-corrected chi connectivity index (χ2v) is 7.99. The van der Waals surface area contributed by atoms with Gasteiger partial charge in [-0.05, 0) is 54.1 Å². The number of rotatable bonds is 12. The summed E-state index contributed by atoms with van der Waals surface area (Å²) >= 11 is 3.09. The number of esters is 1. The molecule has 164 valence electrons. The number of halogens is 1. The van der Waals surface area contributed by atoms with Crippen LogP contribution in [0.3, 0.4) is 0 Å². The van der Waals surface area contributed by atoms with Crippen LogP contribution in [-0.4, -0.2) is 63.2 Å². The average molecular weight is 475 g/mol. The highest BCUT2D eigenvalue weighted by Gasteiger charge is 2.51. The quantitative estimate of drug-likeness (QED) is 0.251. The van der Waals surface area contributed by atoms with E-state index in [1.165, 1.54) is 13.2 Å². The van der Waals surface area contributed by atoms with Crippen molar-refractivity contribution in [3.8, 4) is 0 Å². The first-order valence-electron chi connectivity index (χ1n) is 9.73. The van der Waals surface area contributed by atoms with Crippen molar-refractivity contribution in [3.63, 3.8) is 0 Å². The first-order chi connectivity index (χ1) is 13.7. The molecular formula is C21H31BrO7. The van der Waals surface area contributed by atoms with Gasteiger partial charge in [0, 0.05) is 6.42 Å². The van der Waals surface area contributed by atoms with Gasteiger partial charge < -0.3 is 25.2 Å². The topological polar surface area (TPSA) is 124 Å². The Hall–Kier alpha value is -1.32. The maximum Gasteiger partial charge on any atom is 0.305 e. The van der Waals surface area contributed by atoms with Gasteiger partial charge in [-0.25, -0.2) is 0 Å². The number of aliphatic hydroxyl groups excluding tert-OH is 3. The largest absolute Gasteiger partial charge is 0.469 e. The molecule has 0 unspecified atom stereocenters. The minimum atomic E-state index is -1.69. The van der Waals surface area contributed by atoms with Crippen LogP contribution in [-0.2, 0) is 14.3 Å². The van der Waals surface area contributed by atoms with E-state index in [2.05, 4.69) is 20.7 Å². The van der Waals surface area contributed by atoms with Gasteiger partial charge in [-0.15, -0.1) is 0 Å². The Morgan fingerprint density at radius 2 is 1.93 bits per heavy atom. The van der Waals surface area contributed by atoms with Crippen molar-refractivity contribution in [1.82, 2.24) is 0 Å². The lowest BCUT2D eigenvalue weighted by atomic mass is 9.79. The number of allylic oxidation sites excluding steroid dienone is 4. The van der Waals surface area contributed by atoms with E-state index < -0.39 is 41.6 Å². The smallest absolute Gasteiger partial charge is 0.305 e. The molecule has 0 heterocycles. The van der Waals surface area contributed by atoms with Gasteiger partial charge in [0.1, 0.15) is 11.7 Å². The highest BCUT2D eigenvalue weighted by atomic mass is 79.9. The van der Waals surface area contributed by atoms with E-state index >= 15 is 0 Å². The molecule has 0 saturated carbocycles. The van der Waals surface area contributed by atoms with Crippen molar-refractivity contribution >= 4 is 27.7 Å². The molecule has 5 atom stereocenters. The van der Waals surface area contributed by atoms with Crippen LogP contribution in [0.25, 0.3) is 0 Å². The molecule has 0 aromatic rings. The first kappa shape index (κ1) is 25.7. The number of methoxy groups -OCH3 is 1. The normalized spacial score (nSPS) is 25.4. The van der Waals surface area contributed by atoms with E-state index in [9.17, 15) is 30.0 Å². The number of carbonyl (C=O) groups is 2. The summed E-state index contributed by atoms with van der Waals surface area (Å²) in [5.74, 6) is -2.31. The summed E-state index contributed by atoms with van der Waals surface area (Å²) in [4.78, 5) is 23.6. The van der Waals surface area contributed by atoms with Gasteiger partial charge in [-0.3, -0.25) is 9.59 Å². The third-order valence-corrected chi connectivity index (χ3v) is 5.53. The summed E-state index contributed by atoms with van der Waals surface area (Å²) in [6, 6.07) is 0. The summed E-state index contributed by atoms with van der Waals surface area (Å²) in [6.07, 6.45) is 6.20. The van der Waals surface area contributed by atoms with Gasteiger partial charge in [0.2, 0.25) is 0 Å². The Kier molecular flexibility index (Phi) is 11.0. The van der Waals surface area contributed by atoms with Crippen LogP contribution in [0, 0.1) is 5.92 Å². The summed E-state index contributed by atoms with van der Waals surface area (Å²) in [6.45, 7) is 2.02. The number of hydrogen-bond acceptors (Lipinski definition) is 7. The van der Waals surface area contributed by atoms with E-state index in [0.717, 1.165) is 6.42 Å². The third kappa shape index (κ3) is 7.46. The minimum absolute atomic E-state index is 0.0327. The summed E-state index contributed by atoms with van der Waals surface area (Å²) in [5.41, 5.74) is -1.69. The van der Waals surface area contributed by atoms with Crippen LogP contribution in [0.2, 0.25) is 0 Å². The van der Waals surface area contributed by atoms with E-state index in [-0.39, 0.29) is 30.2 Å². The number of aliphatic hydroxyl groups is 4. The first-order valence-corrected chi connectivity index (χ1v) is 10.5. The molecule has 0 radical (unpaired) electrons. The lowest BCUT2D eigenvalue weighted by molar-refractivity contribution is -0.144. The van der Waals surface area contributed by atoms with E-state index in [0.29, 0.717) is 6.42 Å².